The maximum atomic E-state index is 11.3. The first-order valence-corrected chi connectivity index (χ1v) is 14.0. The molecular formula is C24H49NaO4S. The smallest absolute Gasteiger partial charge is 0.748 e. The fraction of sp³-hybridized carbons (Fsp3) is 1.00. The first kappa shape index (κ1) is 33.0. The van der Waals surface area contributed by atoms with E-state index in [0.717, 1.165) is 64.2 Å². The average Bonchev–Trinajstić information content (AvgIpc) is 2.67. The molecule has 0 aliphatic heterocycles. The first-order valence-electron chi connectivity index (χ1n) is 12.5. The van der Waals surface area contributed by atoms with Gasteiger partial charge in [0, 0.05) is 5.25 Å². The van der Waals surface area contributed by atoms with E-state index in [1.54, 1.807) is 0 Å². The third kappa shape index (κ3) is 22.1. The van der Waals surface area contributed by atoms with Crippen molar-refractivity contribution >= 4 is 10.1 Å². The number of aliphatic hydroxyl groups is 1. The zero-order valence-electron chi connectivity index (χ0n) is 20.4. The van der Waals surface area contributed by atoms with Crippen molar-refractivity contribution in [2.24, 2.45) is 0 Å². The van der Waals surface area contributed by atoms with E-state index in [9.17, 15) is 18.1 Å². The molecule has 0 amide bonds. The second-order valence-electron chi connectivity index (χ2n) is 8.87. The summed E-state index contributed by atoms with van der Waals surface area (Å²) in [5, 5.41) is 9.39. The molecule has 0 aliphatic rings. The second-order valence-corrected chi connectivity index (χ2v) is 10.5. The van der Waals surface area contributed by atoms with Crippen LogP contribution in [-0.4, -0.2) is 29.4 Å². The van der Waals surface area contributed by atoms with Gasteiger partial charge in [-0.25, -0.2) is 8.42 Å². The van der Waals surface area contributed by atoms with Crippen molar-refractivity contribution in [1.82, 2.24) is 0 Å². The van der Waals surface area contributed by atoms with Crippen LogP contribution in [0.2, 0.25) is 0 Å². The number of aliphatic hydroxyl groups excluding tert-OH is 1. The average molecular weight is 457 g/mol. The Labute approximate surface area is 210 Å². The summed E-state index contributed by atoms with van der Waals surface area (Å²) in [6.07, 6.45) is 21.2. The molecule has 2 atom stereocenters. The van der Waals surface area contributed by atoms with Crippen LogP contribution in [0.1, 0.15) is 142 Å². The van der Waals surface area contributed by atoms with Crippen molar-refractivity contribution in [2.45, 2.75) is 154 Å². The molecule has 0 aromatic heterocycles. The SMILES string of the molecule is CCCCCCCCCC(O)CCCCCCCCCC(CCCC)S(=O)(=O)[O-].[Na+]. The van der Waals surface area contributed by atoms with Crippen LogP contribution in [0.15, 0.2) is 0 Å². The molecule has 2 unspecified atom stereocenters. The van der Waals surface area contributed by atoms with Gasteiger partial charge in [-0.2, -0.15) is 0 Å². The van der Waals surface area contributed by atoms with Gasteiger partial charge in [-0.3, -0.25) is 0 Å². The van der Waals surface area contributed by atoms with Gasteiger partial charge in [-0.05, 0) is 25.7 Å². The minimum absolute atomic E-state index is 0. The summed E-state index contributed by atoms with van der Waals surface area (Å²) in [5.41, 5.74) is 0. The number of hydrogen-bond acceptors (Lipinski definition) is 4. The van der Waals surface area contributed by atoms with E-state index >= 15 is 0 Å². The molecule has 0 aliphatic carbocycles. The van der Waals surface area contributed by atoms with E-state index in [-0.39, 0.29) is 35.7 Å². The molecule has 0 fully saturated rings. The Morgan fingerprint density at radius 2 is 0.933 bits per heavy atom. The van der Waals surface area contributed by atoms with Gasteiger partial charge in [0.05, 0.1) is 16.2 Å². The first-order chi connectivity index (χ1) is 13.9. The molecule has 0 aromatic rings. The van der Waals surface area contributed by atoms with Gasteiger partial charge < -0.3 is 9.66 Å². The third-order valence-corrected chi connectivity index (χ3v) is 7.28. The summed E-state index contributed by atoms with van der Waals surface area (Å²) in [7, 11) is -4.14. The molecule has 176 valence electrons. The molecule has 0 rings (SSSR count). The third-order valence-electron chi connectivity index (χ3n) is 5.99. The number of rotatable bonds is 22. The van der Waals surface area contributed by atoms with E-state index in [1.807, 2.05) is 6.92 Å². The van der Waals surface area contributed by atoms with Gasteiger partial charge in [0.2, 0.25) is 0 Å². The van der Waals surface area contributed by atoms with Gasteiger partial charge in [-0.15, -0.1) is 0 Å². The van der Waals surface area contributed by atoms with Crippen molar-refractivity contribution in [2.75, 3.05) is 0 Å². The minimum Gasteiger partial charge on any atom is -0.748 e. The summed E-state index contributed by atoms with van der Waals surface area (Å²) in [6, 6.07) is 0. The molecule has 30 heavy (non-hydrogen) atoms. The molecule has 0 heterocycles. The van der Waals surface area contributed by atoms with Crippen molar-refractivity contribution in [3.05, 3.63) is 0 Å². The van der Waals surface area contributed by atoms with Crippen LogP contribution < -0.4 is 29.6 Å². The normalized spacial score (nSPS) is 13.7. The van der Waals surface area contributed by atoms with E-state index in [1.165, 1.54) is 51.4 Å². The van der Waals surface area contributed by atoms with Gasteiger partial charge in [0.25, 0.3) is 0 Å². The monoisotopic (exact) mass is 456 g/mol. The molecule has 4 nitrogen and oxygen atoms in total. The topological polar surface area (TPSA) is 77.4 Å². The Hall–Kier alpha value is 0.870. The maximum absolute atomic E-state index is 11.3. The Balaban J connectivity index is 0. The Kier molecular flexibility index (Phi) is 25.4. The molecular weight excluding hydrogens is 407 g/mol. The van der Waals surface area contributed by atoms with E-state index in [4.69, 9.17) is 0 Å². The molecule has 6 heteroatoms. The zero-order valence-corrected chi connectivity index (χ0v) is 23.2. The molecule has 0 bridgehead atoms. The molecule has 0 saturated heterocycles. The maximum Gasteiger partial charge on any atom is 1.00 e. The van der Waals surface area contributed by atoms with Crippen molar-refractivity contribution in [3.8, 4) is 0 Å². The Bertz CT molecular complexity index is 442. The summed E-state index contributed by atoms with van der Waals surface area (Å²) in [6.45, 7) is 4.26. The van der Waals surface area contributed by atoms with Crippen molar-refractivity contribution < 1.29 is 47.6 Å². The van der Waals surface area contributed by atoms with Gasteiger partial charge in [0.1, 0.15) is 0 Å². The summed E-state index contributed by atoms with van der Waals surface area (Å²) in [5.74, 6) is 0. The molecule has 0 saturated carbocycles. The van der Waals surface area contributed by atoms with E-state index in [2.05, 4.69) is 6.92 Å². The van der Waals surface area contributed by atoms with Crippen molar-refractivity contribution in [3.63, 3.8) is 0 Å². The summed E-state index contributed by atoms with van der Waals surface area (Å²) >= 11 is 0. The molecule has 0 aromatic carbocycles. The molecule has 1 N–H and O–H groups in total. The molecule has 0 radical (unpaired) electrons. The molecule has 0 spiro atoms. The minimum atomic E-state index is -4.14. The van der Waals surface area contributed by atoms with E-state index in [0.29, 0.717) is 12.8 Å². The number of hydrogen-bond donors (Lipinski definition) is 1. The number of unbranched alkanes of at least 4 members (excludes halogenated alkanes) is 13. The van der Waals surface area contributed by atoms with Crippen LogP contribution in [0.3, 0.4) is 0 Å². The predicted octanol–water partition coefficient (Wildman–Crippen LogP) is 4.11. The van der Waals surface area contributed by atoms with Crippen LogP contribution >= 0.6 is 0 Å². The second kappa shape index (κ2) is 23.0. The largest absolute Gasteiger partial charge is 1.00 e. The zero-order chi connectivity index (χ0) is 21.8. The van der Waals surface area contributed by atoms with Crippen LogP contribution in [0.5, 0.6) is 0 Å². The Morgan fingerprint density at radius 3 is 1.33 bits per heavy atom. The van der Waals surface area contributed by atoms with Crippen LogP contribution in [0, 0.1) is 0 Å². The van der Waals surface area contributed by atoms with Crippen LogP contribution in [-0.2, 0) is 10.1 Å². The fourth-order valence-electron chi connectivity index (χ4n) is 3.98. The van der Waals surface area contributed by atoms with Crippen LogP contribution in [0.25, 0.3) is 0 Å². The quantitative estimate of drug-likeness (QED) is 0.151. The Morgan fingerprint density at radius 1 is 0.600 bits per heavy atom. The van der Waals surface area contributed by atoms with Gasteiger partial charge in [0.15, 0.2) is 0 Å². The summed E-state index contributed by atoms with van der Waals surface area (Å²) < 4.78 is 33.9. The van der Waals surface area contributed by atoms with Crippen LogP contribution in [0.4, 0.5) is 0 Å². The fourth-order valence-corrected chi connectivity index (χ4v) is 4.89. The van der Waals surface area contributed by atoms with Crippen molar-refractivity contribution in [1.29, 1.82) is 0 Å². The standard InChI is InChI=1S/C24H50O4S.Na/c1-3-5-7-8-10-13-16-19-23(25)20-17-14-11-9-12-15-18-22-24(21-6-4-2)29(26,27)28;/h23-25H,3-22H2,1-2H3,(H,26,27,28);/q;+1/p-1. The van der Waals surface area contributed by atoms with E-state index < -0.39 is 15.4 Å². The summed E-state index contributed by atoms with van der Waals surface area (Å²) in [4.78, 5) is 0. The van der Waals surface area contributed by atoms with Gasteiger partial charge >= 0.3 is 29.6 Å². The van der Waals surface area contributed by atoms with Gasteiger partial charge in [-0.1, -0.05) is 117 Å². The predicted molar refractivity (Wildman–Crippen MR) is 123 cm³/mol.